The van der Waals surface area contributed by atoms with Gasteiger partial charge < -0.3 is 42.8 Å². The highest BCUT2D eigenvalue weighted by molar-refractivity contribution is 5.91. The van der Waals surface area contributed by atoms with Crippen molar-refractivity contribution in [1.82, 2.24) is 26.6 Å². The van der Waals surface area contributed by atoms with E-state index in [2.05, 4.69) is 26.6 Å². The monoisotopic (exact) mass is 520 g/mol. The van der Waals surface area contributed by atoms with Crippen LogP contribution in [-0.2, 0) is 19.2 Å². The Kier molecular flexibility index (Phi) is 14.3. The number of ether oxygens (including phenoxy) is 1. The summed E-state index contributed by atoms with van der Waals surface area (Å²) in [6, 6.07) is 4.66. The minimum absolute atomic E-state index is 0.00874. The van der Waals surface area contributed by atoms with Crippen molar-refractivity contribution in [2.24, 2.45) is 11.5 Å². The van der Waals surface area contributed by atoms with Crippen molar-refractivity contribution in [1.29, 1.82) is 5.41 Å². The van der Waals surface area contributed by atoms with Gasteiger partial charge >= 0.3 is 0 Å². The number of para-hydroxylation sites is 1. The van der Waals surface area contributed by atoms with Crippen LogP contribution in [0.15, 0.2) is 18.2 Å². The lowest BCUT2D eigenvalue weighted by molar-refractivity contribution is -0.130. The maximum Gasteiger partial charge on any atom is 0.243 e. The number of benzene rings is 1. The van der Waals surface area contributed by atoms with Crippen LogP contribution in [0.4, 0.5) is 0 Å². The smallest absolute Gasteiger partial charge is 0.243 e. The van der Waals surface area contributed by atoms with E-state index >= 15 is 0 Å². The summed E-state index contributed by atoms with van der Waals surface area (Å²) in [4.78, 5) is 48.4. The third kappa shape index (κ3) is 13.2. The predicted octanol–water partition coefficient (Wildman–Crippen LogP) is -1.83. The molecule has 0 aliphatic rings. The minimum atomic E-state index is -0.885. The second-order valence-corrected chi connectivity index (χ2v) is 8.66. The maximum atomic E-state index is 12.5. The second-order valence-electron chi connectivity index (χ2n) is 8.66. The molecule has 1 aromatic carbocycles. The highest BCUT2D eigenvalue weighted by Gasteiger charge is 2.20. The molecule has 1 aromatic rings. The Bertz CT molecular complexity index is 919. The van der Waals surface area contributed by atoms with E-state index in [-0.39, 0.29) is 51.1 Å². The summed E-state index contributed by atoms with van der Waals surface area (Å²) >= 11 is 0. The first kappa shape index (κ1) is 31.3. The van der Waals surface area contributed by atoms with E-state index in [9.17, 15) is 19.2 Å². The molecule has 2 unspecified atom stereocenters. The van der Waals surface area contributed by atoms with Crippen molar-refractivity contribution in [2.75, 3.05) is 39.3 Å². The molecule has 10 N–H and O–H groups in total. The third-order valence-electron chi connectivity index (χ3n) is 5.16. The van der Waals surface area contributed by atoms with Crippen LogP contribution in [0, 0.1) is 19.3 Å². The van der Waals surface area contributed by atoms with Gasteiger partial charge in [0.05, 0.1) is 32.2 Å². The molecule has 0 heterocycles. The molecule has 4 amide bonds. The quantitative estimate of drug-likeness (QED) is 0.0662. The second kappa shape index (κ2) is 16.9. The van der Waals surface area contributed by atoms with Crippen molar-refractivity contribution < 1.29 is 23.9 Å². The Labute approximate surface area is 217 Å². The number of carbonyl (C=O) groups excluding carboxylic acids is 4. The summed E-state index contributed by atoms with van der Waals surface area (Å²) in [5, 5.41) is 20.2. The summed E-state index contributed by atoms with van der Waals surface area (Å²) in [5.41, 5.74) is 12.6. The average molecular weight is 521 g/mol. The van der Waals surface area contributed by atoms with E-state index in [0.29, 0.717) is 13.0 Å². The highest BCUT2D eigenvalue weighted by atomic mass is 16.5. The number of amidine groups is 1. The van der Waals surface area contributed by atoms with Gasteiger partial charge in [0.25, 0.3) is 0 Å². The molecule has 0 saturated carbocycles. The molecule has 0 fully saturated rings. The lowest BCUT2D eigenvalue weighted by Gasteiger charge is -2.19. The van der Waals surface area contributed by atoms with E-state index in [0.717, 1.165) is 16.9 Å². The van der Waals surface area contributed by atoms with Crippen LogP contribution in [0.3, 0.4) is 0 Å². The molecule has 0 spiro atoms. The zero-order valence-electron chi connectivity index (χ0n) is 21.7. The first-order valence-electron chi connectivity index (χ1n) is 12.1. The van der Waals surface area contributed by atoms with Gasteiger partial charge in [-0.05, 0) is 51.3 Å². The van der Waals surface area contributed by atoms with Gasteiger partial charge in [0.2, 0.25) is 23.6 Å². The summed E-state index contributed by atoms with van der Waals surface area (Å²) in [6.07, 6.45) is 0.794. The standard InChI is InChI=1S/C24H40N8O5/c1-15-6-4-7-16(2)23(15)37-14-17(3)31-22(35)13-29-21(34)12-30-24(36)18(32-20(33)10-25)8-5-9-28-11-19(26)27/h4,6-7,17-18,28H,5,8-14,25H2,1-3H3,(H3,26,27)(H,29,34)(H,30,36)(H,31,35)(H,32,33). The van der Waals surface area contributed by atoms with Gasteiger partial charge in [0.15, 0.2) is 0 Å². The van der Waals surface area contributed by atoms with Crippen LogP contribution in [0.5, 0.6) is 5.75 Å². The summed E-state index contributed by atoms with van der Waals surface area (Å²) in [6.45, 7) is 5.73. The molecule has 37 heavy (non-hydrogen) atoms. The molecular weight excluding hydrogens is 480 g/mol. The fraction of sp³-hybridized carbons (Fsp3) is 0.542. The number of amides is 4. The fourth-order valence-electron chi connectivity index (χ4n) is 3.31. The lowest BCUT2D eigenvalue weighted by Crippen LogP contribution is -2.51. The molecule has 0 aliphatic carbocycles. The summed E-state index contributed by atoms with van der Waals surface area (Å²) < 4.78 is 5.82. The number of nitrogens with one attached hydrogen (secondary N) is 6. The van der Waals surface area contributed by atoms with Gasteiger partial charge in [-0.2, -0.15) is 0 Å². The van der Waals surface area contributed by atoms with Gasteiger partial charge in [-0.1, -0.05) is 18.2 Å². The van der Waals surface area contributed by atoms with E-state index in [4.69, 9.17) is 21.6 Å². The van der Waals surface area contributed by atoms with E-state index in [1.165, 1.54) is 0 Å². The zero-order valence-corrected chi connectivity index (χ0v) is 21.7. The van der Waals surface area contributed by atoms with Gasteiger partial charge in [-0.3, -0.25) is 24.6 Å². The van der Waals surface area contributed by atoms with Gasteiger partial charge in [0, 0.05) is 0 Å². The van der Waals surface area contributed by atoms with E-state index < -0.39 is 29.7 Å². The number of carbonyl (C=O) groups is 4. The largest absolute Gasteiger partial charge is 0.491 e. The van der Waals surface area contributed by atoms with Crippen LogP contribution < -0.4 is 42.8 Å². The van der Waals surface area contributed by atoms with E-state index in [1.807, 2.05) is 32.0 Å². The normalized spacial score (nSPS) is 12.1. The van der Waals surface area contributed by atoms with Crippen LogP contribution in [0.2, 0.25) is 0 Å². The molecule has 0 bridgehead atoms. The molecule has 1 rings (SSSR count). The Balaban J connectivity index is 2.38. The van der Waals surface area contributed by atoms with Crippen molar-refractivity contribution in [2.45, 2.75) is 45.7 Å². The zero-order chi connectivity index (χ0) is 27.8. The Morgan fingerprint density at radius 1 is 0.973 bits per heavy atom. The van der Waals surface area contributed by atoms with E-state index in [1.54, 1.807) is 6.92 Å². The fourth-order valence-corrected chi connectivity index (χ4v) is 3.31. The van der Waals surface area contributed by atoms with Crippen molar-refractivity contribution in [3.8, 4) is 5.75 Å². The molecule has 0 aromatic heterocycles. The van der Waals surface area contributed by atoms with Gasteiger partial charge in [-0.15, -0.1) is 0 Å². The molecule has 0 aliphatic heterocycles. The SMILES string of the molecule is Cc1cccc(C)c1OCC(C)NC(=O)CNC(=O)CNC(=O)C(CCCNCC(=N)N)NC(=O)CN. The lowest BCUT2D eigenvalue weighted by atomic mass is 10.1. The number of hydrogen-bond acceptors (Lipinski definition) is 8. The minimum Gasteiger partial charge on any atom is -0.491 e. The number of rotatable bonds is 17. The number of aryl methyl sites for hydroxylation is 2. The van der Waals surface area contributed by atoms with Crippen molar-refractivity contribution >= 4 is 29.5 Å². The van der Waals surface area contributed by atoms with Crippen molar-refractivity contribution in [3.63, 3.8) is 0 Å². The Morgan fingerprint density at radius 3 is 2.24 bits per heavy atom. The van der Waals surface area contributed by atoms with Crippen molar-refractivity contribution in [3.05, 3.63) is 29.3 Å². The van der Waals surface area contributed by atoms with Crippen LogP contribution in [-0.4, -0.2) is 80.9 Å². The molecule has 0 saturated heterocycles. The first-order chi connectivity index (χ1) is 17.5. The van der Waals surface area contributed by atoms with Gasteiger partial charge in [0.1, 0.15) is 24.2 Å². The molecular formula is C24H40N8O5. The Hall–Kier alpha value is -3.71. The molecule has 0 radical (unpaired) electrons. The van der Waals surface area contributed by atoms with Crippen LogP contribution in [0.25, 0.3) is 0 Å². The highest BCUT2D eigenvalue weighted by Crippen LogP contribution is 2.22. The van der Waals surface area contributed by atoms with Crippen LogP contribution in [0.1, 0.15) is 30.9 Å². The number of hydrogen-bond donors (Lipinski definition) is 8. The Morgan fingerprint density at radius 2 is 1.62 bits per heavy atom. The molecule has 13 heteroatoms. The number of nitrogens with two attached hydrogens (primary N) is 2. The summed E-state index contributed by atoms with van der Waals surface area (Å²) in [7, 11) is 0. The average Bonchev–Trinajstić information content (AvgIpc) is 2.84. The van der Waals surface area contributed by atoms with Gasteiger partial charge in [-0.25, -0.2) is 0 Å². The molecule has 13 nitrogen and oxygen atoms in total. The summed E-state index contributed by atoms with van der Waals surface area (Å²) in [5.74, 6) is -1.25. The predicted molar refractivity (Wildman–Crippen MR) is 140 cm³/mol. The molecule has 2 atom stereocenters. The third-order valence-corrected chi connectivity index (χ3v) is 5.16. The van der Waals surface area contributed by atoms with Crippen LogP contribution >= 0.6 is 0 Å². The first-order valence-corrected chi connectivity index (χ1v) is 12.1. The maximum absolute atomic E-state index is 12.5. The topological polar surface area (TPSA) is 214 Å². The molecule has 206 valence electrons.